The fourth-order valence-electron chi connectivity index (χ4n) is 1.65. The van der Waals surface area contributed by atoms with E-state index in [9.17, 15) is 9.59 Å². The Hall–Kier alpha value is -2.24. The predicted octanol–water partition coefficient (Wildman–Crippen LogP) is 1.87. The Morgan fingerprint density at radius 3 is 2.52 bits per heavy atom. The molecule has 6 heteroatoms. The Labute approximate surface area is 124 Å². The summed E-state index contributed by atoms with van der Waals surface area (Å²) in [5.74, 6) is -0.422. The molecular formula is C15H22N2O4. The number of carbonyl (C=O) groups excluding carboxylic acids is 1. The maximum atomic E-state index is 11.4. The van der Waals surface area contributed by atoms with Crippen molar-refractivity contribution in [3.63, 3.8) is 0 Å². The fraction of sp³-hybridized carbons (Fsp3) is 0.467. The Morgan fingerprint density at radius 2 is 1.86 bits per heavy atom. The molecule has 1 aromatic carbocycles. The van der Waals surface area contributed by atoms with Gasteiger partial charge < -0.3 is 20.5 Å². The first kappa shape index (κ1) is 16.8. The summed E-state index contributed by atoms with van der Waals surface area (Å²) in [6.45, 7) is 2.92. The molecule has 0 radical (unpaired) electrons. The molecule has 0 fully saturated rings. The van der Waals surface area contributed by atoms with Gasteiger partial charge in [-0.25, -0.2) is 4.79 Å². The lowest BCUT2D eigenvalue weighted by atomic mass is 10.1. The van der Waals surface area contributed by atoms with Crippen molar-refractivity contribution in [2.75, 3.05) is 19.7 Å². The van der Waals surface area contributed by atoms with E-state index in [2.05, 4.69) is 10.6 Å². The molecule has 116 valence electrons. The van der Waals surface area contributed by atoms with Crippen molar-refractivity contribution in [1.29, 1.82) is 0 Å². The van der Waals surface area contributed by atoms with Crippen LogP contribution in [0.3, 0.4) is 0 Å². The number of rotatable bonds is 9. The molecule has 0 saturated heterocycles. The van der Waals surface area contributed by atoms with Gasteiger partial charge in [0.05, 0.1) is 12.5 Å². The first-order valence-electron chi connectivity index (χ1n) is 7.02. The van der Waals surface area contributed by atoms with E-state index in [0.29, 0.717) is 32.5 Å². The molecule has 3 N–H and O–H groups in total. The van der Waals surface area contributed by atoms with E-state index in [4.69, 9.17) is 9.84 Å². The molecule has 0 heterocycles. The van der Waals surface area contributed by atoms with Gasteiger partial charge in [-0.05, 0) is 25.0 Å². The Balaban J connectivity index is 2.00. The van der Waals surface area contributed by atoms with Crippen LogP contribution in [0.4, 0.5) is 4.79 Å². The van der Waals surface area contributed by atoms with Gasteiger partial charge in [-0.2, -0.15) is 0 Å². The molecule has 6 nitrogen and oxygen atoms in total. The summed E-state index contributed by atoms with van der Waals surface area (Å²) in [6.07, 6.45) is 1.19. The lowest BCUT2D eigenvalue weighted by Crippen LogP contribution is -2.38. The smallest absolute Gasteiger partial charge is 0.314 e. The maximum Gasteiger partial charge on any atom is 0.314 e. The topological polar surface area (TPSA) is 87.7 Å². The lowest BCUT2D eigenvalue weighted by molar-refractivity contribution is -0.141. The van der Waals surface area contributed by atoms with E-state index in [-0.39, 0.29) is 11.9 Å². The molecular weight excluding hydrogens is 272 g/mol. The van der Waals surface area contributed by atoms with Crippen LogP contribution in [0.1, 0.15) is 19.8 Å². The third kappa shape index (κ3) is 7.81. The largest absolute Gasteiger partial charge is 0.492 e. The molecule has 0 bridgehead atoms. The average molecular weight is 294 g/mol. The second kappa shape index (κ2) is 9.63. The number of carboxylic acid groups (broad SMARTS) is 1. The van der Waals surface area contributed by atoms with Crippen molar-refractivity contribution in [1.82, 2.24) is 10.6 Å². The highest BCUT2D eigenvalue weighted by Crippen LogP contribution is 2.07. The minimum atomic E-state index is -0.808. The molecule has 1 unspecified atom stereocenters. The number of hydrogen-bond donors (Lipinski definition) is 3. The van der Waals surface area contributed by atoms with Crippen molar-refractivity contribution in [3.8, 4) is 5.75 Å². The molecule has 2 amide bonds. The van der Waals surface area contributed by atoms with Gasteiger partial charge in [-0.1, -0.05) is 25.1 Å². The molecule has 21 heavy (non-hydrogen) atoms. The lowest BCUT2D eigenvalue weighted by Gasteiger charge is -2.09. The van der Waals surface area contributed by atoms with E-state index < -0.39 is 5.97 Å². The molecule has 0 saturated carbocycles. The summed E-state index contributed by atoms with van der Waals surface area (Å²) in [7, 11) is 0. The first-order chi connectivity index (χ1) is 10.1. The van der Waals surface area contributed by atoms with Crippen LogP contribution in [0, 0.1) is 5.92 Å². The van der Waals surface area contributed by atoms with E-state index >= 15 is 0 Å². The second-order valence-electron chi connectivity index (χ2n) is 4.73. The van der Waals surface area contributed by atoms with Crippen LogP contribution in [0.15, 0.2) is 30.3 Å². The summed E-state index contributed by atoms with van der Waals surface area (Å²) < 4.78 is 5.43. The van der Waals surface area contributed by atoms with Gasteiger partial charge in [0.25, 0.3) is 0 Å². The van der Waals surface area contributed by atoms with Crippen molar-refractivity contribution < 1.29 is 19.4 Å². The molecule has 1 aromatic rings. The molecule has 0 aliphatic heterocycles. The summed E-state index contributed by atoms with van der Waals surface area (Å²) in [6, 6.07) is 9.10. The average Bonchev–Trinajstić information content (AvgIpc) is 2.49. The third-order valence-corrected chi connectivity index (χ3v) is 2.92. The number of aliphatic carboxylic acids is 1. The van der Waals surface area contributed by atoms with Gasteiger partial charge in [0, 0.05) is 6.54 Å². The van der Waals surface area contributed by atoms with Crippen LogP contribution in [0.25, 0.3) is 0 Å². The number of para-hydroxylation sites is 1. The zero-order chi connectivity index (χ0) is 15.5. The van der Waals surface area contributed by atoms with Crippen molar-refractivity contribution in [3.05, 3.63) is 30.3 Å². The molecule has 0 aliphatic rings. The summed E-state index contributed by atoms with van der Waals surface area (Å²) in [4.78, 5) is 22.0. The number of carboxylic acids is 1. The number of ether oxygens (including phenoxy) is 1. The zero-order valence-electron chi connectivity index (χ0n) is 12.2. The number of urea groups is 1. The molecule has 1 atom stereocenters. The molecule has 0 spiro atoms. The number of nitrogens with one attached hydrogen (secondary N) is 2. The van der Waals surface area contributed by atoms with Crippen LogP contribution in [-0.2, 0) is 4.79 Å². The number of amides is 2. The predicted molar refractivity (Wildman–Crippen MR) is 79.4 cm³/mol. The highest BCUT2D eigenvalue weighted by Gasteiger charge is 2.09. The van der Waals surface area contributed by atoms with Gasteiger partial charge in [0.15, 0.2) is 0 Å². The van der Waals surface area contributed by atoms with E-state index in [1.807, 2.05) is 30.3 Å². The van der Waals surface area contributed by atoms with E-state index in [1.54, 1.807) is 6.92 Å². The molecule has 0 aromatic heterocycles. The number of carbonyl (C=O) groups is 2. The van der Waals surface area contributed by atoms with Crippen molar-refractivity contribution >= 4 is 12.0 Å². The monoisotopic (exact) mass is 294 g/mol. The third-order valence-electron chi connectivity index (χ3n) is 2.92. The minimum absolute atomic E-state index is 0.269. The van der Waals surface area contributed by atoms with Crippen LogP contribution in [-0.4, -0.2) is 36.8 Å². The fourth-order valence-corrected chi connectivity index (χ4v) is 1.65. The van der Waals surface area contributed by atoms with E-state index in [0.717, 1.165) is 5.75 Å². The minimum Gasteiger partial charge on any atom is -0.492 e. The van der Waals surface area contributed by atoms with Gasteiger partial charge in [-0.15, -0.1) is 0 Å². The van der Waals surface area contributed by atoms with E-state index in [1.165, 1.54) is 0 Å². The zero-order valence-corrected chi connectivity index (χ0v) is 12.2. The van der Waals surface area contributed by atoms with Crippen LogP contribution < -0.4 is 15.4 Å². The highest BCUT2D eigenvalue weighted by molar-refractivity contribution is 5.73. The summed E-state index contributed by atoms with van der Waals surface area (Å²) in [5.41, 5.74) is 0. The standard InChI is InChI=1S/C15H22N2O4/c1-12(14(18)19)6-5-9-16-15(20)17-10-11-21-13-7-3-2-4-8-13/h2-4,7-8,12H,5-6,9-11H2,1H3,(H,18,19)(H2,16,17,20). The normalized spacial score (nSPS) is 11.5. The first-order valence-corrected chi connectivity index (χ1v) is 7.02. The second-order valence-corrected chi connectivity index (χ2v) is 4.73. The Morgan fingerprint density at radius 1 is 1.19 bits per heavy atom. The number of hydrogen-bond acceptors (Lipinski definition) is 3. The van der Waals surface area contributed by atoms with Crippen molar-refractivity contribution in [2.45, 2.75) is 19.8 Å². The van der Waals surface area contributed by atoms with Gasteiger partial charge in [0.1, 0.15) is 12.4 Å². The SMILES string of the molecule is CC(CCCNC(=O)NCCOc1ccccc1)C(=O)O. The van der Waals surface area contributed by atoms with Crippen molar-refractivity contribution in [2.24, 2.45) is 5.92 Å². The summed E-state index contributed by atoms with van der Waals surface area (Å²) >= 11 is 0. The van der Waals surface area contributed by atoms with Gasteiger partial charge in [-0.3, -0.25) is 4.79 Å². The Kier molecular flexibility index (Phi) is 7.71. The highest BCUT2D eigenvalue weighted by atomic mass is 16.5. The number of benzene rings is 1. The quantitative estimate of drug-likeness (QED) is 0.607. The summed E-state index contributed by atoms with van der Waals surface area (Å²) in [5, 5.41) is 14.1. The maximum absolute atomic E-state index is 11.4. The van der Waals surface area contributed by atoms with Crippen LogP contribution >= 0.6 is 0 Å². The van der Waals surface area contributed by atoms with Gasteiger partial charge in [0.2, 0.25) is 0 Å². The molecule has 1 rings (SSSR count). The van der Waals surface area contributed by atoms with Gasteiger partial charge >= 0.3 is 12.0 Å². The molecule has 0 aliphatic carbocycles. The van der Waals surface area contributed by atoms with Crippen LogP contribution in [0.2, 0.25) is 0 Å². The van der Waals surface area contributed by atoms with Crippen LogP contribution in [0.5, 0.6) is 5.75 Å². The Bertz CT molecular complexity index is 437.